The number of rotatable bonds is 9. The van der Waals surface area contributed by atoms with E-state index >= 15 is 0 Å². The SMILES string of the molecule is CCOc1ccc(N(CCC#N)C(=O)COC(=O)Cc2csc(C)n2)cc1. The molecule has 142 valence electrons. The van der Waals surface area contributed by atoms with E-state index in [2.05, 4.69) is 4.98 Å². The second-order valence-electron chi connectivity index (χ2n) is 5.58. The highest BCUT2D eigenvalue weighted by molar-refractivity contribution is 7.09. The minimum atomic E-state index is -0.513. The van der Waals surface area contributed by atoms with Crippen LogP contribution in [0.5, 0.6) is 5.75 Å². The van der Waals surface area contributed by atoms with E-state index < -0.39 is 11.9 Å². The van der Waals surface area contributed by atoms with Gasteiger partial charge in [0.25, 0.3) is 5.91 Å². The summed E-state index contributed by atoms with van der Waals surface area (Å²) in [6.45, 7) is 4.11. The molecular weight excluding hydrogens is 366 g/mol. The van der Waals surface area contributed by atoms with Gasteiger partial charge in [0.05, 0.1) is 36.2 Å². The molecule has 7 nitrogen and oxygen atoms in total. The second-order valence-corrected chi connectivity index (χ2v) is 6.64. The molecule has 0 radical (unpaired) electrons. The number of nitrogens with zero attached hydrogens (tertiary/aromatic N) is 3. The number of amides is 1. The van der Waals surface area contributed by atoms with Gasteiger partial charge in [-0.3, -0.25) is 9.59 Å². The van der Waals surface area contributed by atoms with Gasteiger partial charge in [0.2, 0.25) is 0 Å². The molecule has 27 heavy (non-hydrogen) atoms. The highest BCUT2D eigenvalue weighted by atomic mass is 32.1. The number of ether oxygens (including phenoxy) is 2. The highest BCUT2D eigenvalue weighted by Crippen LogP contribution is 2.20. The molecule has 8 heteroatoms. The smallest absolute Gasteiger partial charge is 0.312 e. The van der Waals surface area contributed by atoms with Crippen LogP contribution >= 0.6 is 11.3 Å². The summed E-state index contributed by atoms with van der Waals surface area (Å²) >= 11 is 1.45. The van der Waals surface area contributed by atoms with Crippen molar-refractivity contribution in [1.82, 2.24) is 4.98 Å². The molecule has 0 atom stereocenters. The van der Waals surface area contributed by atoms with Crippen molar-refractivity contribution in [2.45, 2.75) is 26.7 Å². The lowest BCUT2D eigenvalue weighted by Gasteiger charge is -2.22. The van der Waals surface area contributed by atoms with Gasteiger partial charge >= 0.3 is 5.97 Å². The van der Waals surface area contributed by atoms with E-state index in [1.54, 1.807) is 29.6 Å². The first-order chi connectivity index (χ1) is 13.0. The van der Waals surface area contributed by atoms with Crippen molar-refractivity contribution < 1.29 is 19.1 Å². The van der Waals surface area contributed by atoms with E-state index in [-0.39, 0.29) is 26.0 Å². The van der Waals surface area contributed by atoms with Crippen LogP contribution in [0.1, 0.15) is 24.0 Å². The van der Waals surface area contributed by atoms with Crippen LogP contribution < -0.4 is 9.64 Å². The van der Waals surface area contributed by atoms with Crippen LogP contribution in [0.4, 0.5) is 5.69 Å². The first-order valence-corrected chi connectivity index (χ1v) is 9.38. The number of thiazole rings is 1. The molecule has 1 amide bonds. The van der Waals surface area contributed by atoms with E-state index in [0.29, 0.717) is 23.7 Å². The van der Waals surface area contributed by atoms with Crippen LogP contribution in [0.25, 0.3) is 0 Å². The fraction of sp³-hybridized carbons (Fsp3) is 0.368. The first kappa shape index (κ1) is 20.4. The molecule has 2 rings (SSSR count). The molecule has 0 bridgehead atoms. The maximum absolute atomic E-state index is 12.5. The molecule has 0 saturated carbocycles. The summed E-state index contributed by atoms with van der Waals surface area (Å²) in [5, 5.41) is 11.5. The standard InChI is InChI=1S/C19H21N3O4S/c1-3-25-17-7-5-16(6-8-17)22(10-4-9-20)18(23)12-26-19(24)11-15-13-27-14(2)21-15/h5-8,13H,3-4,10-12H2,1-2H3. The predicted octanol–water partition coefficient (Wildman–Crippen LogP) is 2.88. The molecule has 1 aromatic heterocycles. The van der Waals surface area contributed by atoms with Crippen LogP contribution in [0.2, 0.25) is 0 Å². The summed E-state index contributed by atoms with van der Waals surface area (Å²) in [5.41, 5.74) is 1.24. The summed E-state index contributed by atoms with van der Waals surface area (Å²) in [4.78, 5) is 30.1. The lowest BCUT2D eigenvalue weighted by molar-refractivity contribution is -0.147. The topological polar surface area (TPSA) is 92.5 Å². The number of anilines is 1. The van der Waals surface area contributed by atoms with Crippen LogP contribution in [-0.4, -0.2) is 36.6 Å². The van der Waals surface area contributed by atoms with E-state index in [1.165, 1.54) is 16.2 Å². The summed E-state index contributed by atoms with van der Waals surface area (Å²) < 4.78 is 10.5. The largest absolute Gasteiger partial charge is 0.494 e. The third-order valence-corrected chi connectivity index (χ3v) is 4.38. The van der Waals surface area contributed by atoms with Gasteiger partial charge < -0.3 is 14.4 Å². The molecule has 2 aromatic rings. The van der Waals surface area contributed by atoms with Gasteiger partial charge in [-0.05, 0) is 38.1 Å². The maximum atomic E-state index is 12.5. The van der Waals surface area contributed by atoms with Gasteiger partial charge in [-0.1, -0.05) is 0 Å². The number of carbonyl (C=O) groups excluding carboxylic acids is 2. The Hall–Kier alpha value is -2.92. The van der Waals surface area contributed by atoms with E-state index in [4.69, 9.17) is 14.7 Å². The molecule has 1 aromatic carbocycles. The van der Waals surface area contributed by atoms with Crippen molar-refractivity contribution in [3.63, 3.8) is 0 Å². The van der Waals surface area contributed by atoms with Crippen molar-refractivity contribution in [1.29, 1.82) is 5.26 Å². The van der Waals surface area contributed by atoms with Gasteiger partial charge in [0.1, 0.15) is 5.75 Å². The molecule has 0 aliphatic rings. The number of aryl methyl sites for hydroxylation is 1. The highest BCUT2D eigenvalue weighted by Gasteiger charge is 2.18. The van der Waals surface area contributed by atoms with Crippen molar-refractivity contribution in [3.8, 4) is 11.8 Å². The Labute approximate surface area is 162 Å². The fourth-order valence-electron chi connectivity index (χ4n) is 2.36. The Morgan fingerprint density at radius 1 is 1.30 bits per heavy atom. The van der Waals surface area contributed by atoms with Gasteiger partial charge in [-0.25, -0.2) is 4.98 Å². The summed E-state index contributed by atoms with van der Waals surface area (Å²) in [6.07, 6.45) is 0.198. The molecular formula is C19H21N3O4S. The van der Waals surface area contributed by atoms with E-state index in [9.17, 15) is 9.59 Å². The number of carbonyl (C=O) groups is 2. The third-order valence-electron chi connectivity index (χ3n) is 3.56. The molecule has 0 aliphatic carbocycles. The van der Waals surface area contributed by atoms with Crippen molar-refractivity contribution in [2.75, 3.05) is 24.7 Å². The maximum Gasteiger partial charge on any atom is 0.312 e. The third kappa shape index (κ3) is 6.38. The summed E-state index contributed by atoms with van der Waals surface area (Å²) in [5.74, 6) is -0.211. The van der Waals surface area contributed by atoms with Gasteiger partial charge in [-0.2, -0.15) is 5.26 Å². The number of esters is 1. The number of aromatic nitrogens is 1. The van der Waals surface area contributed by atoms with Crippen molar-refractivity contribution in [3.05, 3.63) is 40.3 Å². The zero-order valence-electron chi connectivity index (χ0n) is 15.3. The summed E-state index contributed by atoms with van der Waals surface area (Å²) in [7, 11) is 0. The van der Waals surface area contributed by atoms with Crippen molar-refractivity contribution >= 4 is 28.9 Å². The normalized spacial score (nSPS) is 10.1. The number of benzene rings is 1. The number of nitriles is 1. The van der Waals surface area contributed by atoms with Crippen molar-refractivity contribution in [2.24, 2.45) is 0 Å². The minimum absolute atomic E-state index is 0.0267. The Bertz CT molecular complexity index is 811. The van der Waals surface area contributed by atoms with Gasteiger partial charge in [-0.15, -0.1) is 11.3 Å². The summed E-state index contributed by atoms with van der Waals surface area (Å²) in [6, 6.07) is 9.00. The zero-order chi connectivity index (χ0) is 19.6. The average Bonchev–Trinajstić information content (AvgIpc) is 3.06. The second kappa shape index (κ2) is 10.3. The lowest BCUT2D eigenvalue weighted by Crippen LogP contribution is -2.35. The molecule has 0 fully saturated rings. The molecule has 0 spiro atoms. The van der Waals surface area contributed by atoms with Gasteiger partial charge in [0, 0.05) is 17.6 Å². The molecule has 0 unspecified atom stereocenters. The van der Waals surface area contributed by atoms with Crippen LogP contribution in [0.15, 0.2) is 29.6 Å². The predicted molar refractivity (Wildman–Crippen MR) is 102 cm³/mol. The van der Waals surface area contributed by atoms with E-state index in [1.807, 2.05) is 19.9 Å². The quantitative estimate of drug-likeness (QED) is 0.614. The number of hydrogen-bond acceptors (Lipinski definition) is 7. The molecule has 0 N–H and O–H groups in total. The average molecular weight is 387 g/mol. The Balaban J connectivity index is 1.97. The van der Waals surface area contributed by atoms with E-state index in [0.717, 1.165) is 5.01 Å². The number of hydrogen-bond donors (Lipinski definition) is 0. The van der Waals surface area contributed by atoms with Crippen LogP contribution in [0, 0.1) is 18.3 Å². The lowest BCUT2D eigenvalue weighted by atomic mass is 10.2. The Kier molecular flexibility index (Phi) is 7.77. The molecule has 0 saturated heterocycles. The Morgan fingerprint density at radius 2 is 2.04 bits per heavy atom. The van der Waals surface area contributed by atoms with Crippen LogP contribution in [-0.2, 0) is 20.7 Å². The minimum Gasteiger partial charge on any atom is -0.494 e. The zero-order valence-corrected chi connectivity index (χ0v) is 16.1. The van der Waals surface area contributed by atoms with Gasteiger partial charge in [0.15, 0.2) is 6.61 Å². The Morgan fingerprint density at radius 3 is 2.63 bits per heavy atom. The van der Waals surface area contributed by atoms with Crippen LogP contribution in [0.3, 0.4) is 0 Å². The molecule has 0 aliphatic heterocycles. The first-order valence-electron chi connectivity index (χ1n) is 8.50. The fourth-order valence-corrected chi connectivity index (χ4v) is 2.97. The monoisotopic (exact) mass is 387 g/mol. The molecule has 1 heterocycles.